The Hall–Kier alpha value is -4.48. The molecule has 1 atom stereocenters. The predicted molar refractivity (Wildman–Crippen MR) is 156 cm³/mol. The van der Waals surface area contributed by atoms with Gasteiger partial charge in [-0.15, -0.1) is 0 Å². The smallest absolute Gasteiger partial charge is 0.270 e. The Balaban J connectivity index is 1.60. The Kier molecular flexibility index (Phi) is 7.31. The van der Waals surface area contributed by atoms with Gasteiger partial charge in [-0.05, 0) is 56.7 Å². The third-order valence-corrected chi connectivity index (χ3v) is 8.04. The van der Waals surface area contributed by atoms with Gasteiger partial charge in [0.05, 0.1) is 18.0 Å². The number of rotatable bonds is 4. The minimum Gasteiger partial charge on any atom is -0.482 e. The molecule has 0 unspecified atom stereocenters. The molecule has 1 amide bonds. The van der Waals surface area contributed by atoms with Crippen molar-refractivity contribution in [1.29, 1.82) is 0 Å². The van der Waals surface area contributed by atoms with Gasteiger partial charge in [-0.1, -0.05) is 0 Å². The molecule has 6 rings (SSSR count). The number of carbonyl (C=O) groups is 1. The lowest BCUT2D eigenvalue weighted by molar-refractivity contribution is -0.127. The van der Waals surface area contributed by atoms with E-state index in [1.54, 1.807) is 43.2 Å². The third kappa shape index (κ3) is 5.78. The van der Waals surface area contributed by atoms with Gasteiger partial charge in [-0.3, -0.25) is 14.5 Å². The summed E-state index contributed by atoms with van der Waals surface area (Å²) in [6.07, 6.45) is 4.48. The van der Waals surface area contributed by atoms with Crippen LogP contribution in [0.3, 0.4) is 0 Å². The van der Waals surface area contributed by atoms with E-state index < -0.39 is 36.7 Å². The fourth-order valence-electron chi connectivity index (χ4n) is 5.59. The molecule has 1 aliphatic carbocycles. The van der Waals surface area contributed by atoms with Crippen molar-refractivity contribution in [3.63, 3.8) is 0 Å². The number of likely N-dealkylation sites (tertiary alicyclic amines) is 1. The predicted octanol–water partition coefficient (Wildman–Crippen LogP) is 4.93. The van der Waals surface area contributed by atoms with Crippen molar-refractivity contribution >= 4 is 24.2 Å². The van der Waals surface area contributed by atoms with E-state index >= 15 is 0 Å². The quantitative estimate of drug-likeness (QED) is 0.342. The highest BCUT2D eigenvalue weighted by atomic mass is 19.3. The van der Waals surface area contributed by atoms with Gasteiger partial charge < -0.3 is 15.4 Å². The monoisotopic (exact) mass is 591 g/mol. The average Bonchev–Trinajstić information content (AvgIpc) is 3.63. The first-order valence-electron chi connectivity index (χ1n) is 14.2. The second-order valence-electron chi connectivity index (χ2n) is 11.4. The van der Waals surface area contributed by atoms with E-state index in [-0.39, 0.29) is 30.2 Å². The number of carbonyl (C=O) groups excluding carboxylic acids is 1. The molecule has 2 aliphatic heterocycles. The summed E-state index contributed by atoms with van der Waals surface area (Å²) in [4.78, 5) is 28.1. The first kappa shape index (κ1) is 28.6. The van der Waals surface area contributed by atoms with Crippen LogP contribution >= 0.6 is 0 Å². The Morgan fingerprint density at radius 3 is 2.77 bits per heavy atom. The van der Waals surface area contributed by atoms with Gasteiger partial charge in [-0.2, -0.15) is 5.10 Å². The largest absolute Gasteiger partial charge is 0.482 e. The molecule has 0 radical (unpaired) electrons. The molecule has 3 aromatic rings. The van der Waals surface area contributed by atoms with Crippen LogP contribution in [-0.2, 0) is 18.3 Å². The van der Waals surface area contributed by atoms with Crippen LogP contribution < -0.4 is 10.5 Å². The number of aliphatic imine (C=N–C) groups is 2. The number of fused-ring (bicyclic) bond motifs is 5. The van der Waals surface area contributed by atoms with Gasteiger partial charge in [-0.25, -0.2) is 23.1 Å². The molecule has 2 aromatic heterocycles. The number of hydrogen-bond acceptors (Lipinski definition) is 7. The minimum absolute atomic E-state index is 0.108. The molecule has 9 nitrogen and oxygen atoms in total. The topological polar surface area (TPSA) is 111 Å². The summed E-state index contributed by atoms with van der Waals surface area (Å²) in [6, 6.07) is 6.08. The van der Waals surface area contributed by atoms with Crippen molar-refractivity contribution in [3.05, 3.63) is 70.4 Å². The molecule has 224 valence electrons. The van der Waals surface area contributed by atoms with Crippen molar-refractivity contribution < 1.29 is 22.7 Å². The van der Waals surface area contributed by atoms with Crippen molar-refractivity contribution in [3.8, 4) is 17.0 Å². The molecular weight excluding hydrogens is 559 g/mol. The molecule has 3 aliphatic rings. The van der Waals surface area contributed by atoms with Crippen LogP contribution in [0, 0.1) is 11.7 Å². The molecule has 0 spiro atoms. The fourth-order valence-corrected chi connectivity index (χ4v) is 5.59. The molecular formula is C31H32F3N7O2. The highest BCUT2D eigenvalue weighted by molar-refractivity contribution is 6.17. The summed E-state index contributed by atoms with van der Waals surface area (Å²) >= 11 is 0. The first-order valence-corrected chi connectivity index (χ1v) is 14.2. The van der Waals surface area contributed by atoms with Crippen LogP contribution in [0.2, 0.25) is 0 Å². The van der Waals surface area contributed by atoms with Crippen molar-refractivity contribution in [2.45, 2.75) is 44.6 Å². The highest BCUT2D eigenvalue weighted by Gasteiger charge is 2.41. The van der Waals surface area contributed by atoms with E-state index in [2.05, 4.69) is 16.7 Å². The van der Waals surface area contributed by atoms with Gasteiger partial charge in [0.1, 0.15) is 17.6 Å². The third-order valence-electron chi connectivity index (χ3n) is 8.04. The summed E-state index contributed by atoms with van der Waals surface area (Å²) in [5.74, 6) is -3.21. The number of alkyl halides is 2. The minimum atomic E-state index is -2.98. The van der Waals surface area contributed by atoms with E-state index in [0.29, 0.717) is 51.7 Å². The van der Waals surface area contributed by atoms with Crippen molar-refractivity contribution in [1.82, 2.24) is 19.7 Å². The molecule has 12 heteroatoms. The maximum atomic E-state index is 14.6. The second-order valence-corrected chi connectivity index (χ2v) is 11.4. The van der Waals surface area contributed by atoms with Gasteiger partial charge in [0.25, 0.3) is 11.8 Å². The van der Waals surface area contributed by atoms with Gasteiger partial charge in [0.15, 0.2) is 11.6 Å². The molecule has 2 fully saturated rings. The number of allylic oxidation sites excluding steroid dienone is 1. The van der Waals surface area contributed by atoms with Crippen LogP contribution in [-0.4, -0.2) is 63.6 Å². The van der Waals surface area contributed by atoms with Gasteiger partial charge in [0.2, 0.25) is 0 Å². The maximum Gasteiger partial charge on any atom is 0.270 e. The standard InChI is InChI=1S/C31H32F3N7O2/c1-17-23-12-21(32)6-7-22(23)28-20(15-40(3)39-28)10-24(26(35)30(42)41-9-8-31(33,34)16-41)27(37-13-18-4-5-18)19-11-25(43-17)29(36-2)38-14-19/h6-7,11-12,14-15,17-18H,2,4-5,8-10,13,16,35H2,1,3H3/t17-/m1/s1. The number of pyridine rings is 1. The zero-order valence-electron chi connectivity index (χ0n) is 24.0. The lowest BCUT2D eigenvalue weighted by atomic mass is 9.91. The van der Waals surface area contributed by atoms with Crippen LogP contribution in [0.15, 0.2) is 57.9 Å². The lowest BCUT2D eigenvalue weighted by Crippen LogP contribution is -2.36. The summed E-state index contributed by atoms with van der Waals surface area (Å²) in [7, 11) is 1.76. The maximum absolute atomic E-state index is 14.6. The molecule has 4 heterocycles. The molecule has 2 bridgehead atoms. The number of halogens is 3. The number of amides is 1. The molecule has 1 aromatic carbocycles. The number of nitrogens with zero attached hydrogens (tertiary/aromatic N) is 6. The first-order chi connectivity index (χ1) is 20.5. The molecule has 1 saturated carbocycles. The zero-order chi connectivity index (χ0) is 30.5. The Morgan fingerprint density at radius 2 is 2.07 bits per heavy atom. The summed E-state index contributed by atoms with van der Waals surface area (Å²) in [5.41, 5.74) is 10.1. The van der Waals surface area contributed by atoms with Gasteiger partial charge in [0, 0.05) is 73.2 Å². The fraction of sp³-hybridized carbons (Fsp3) is 0.387. The van der Waals surface area contributed by atoms with Crippen LogP contribution in [0.1, 0.15) is 49.0 Å². The number of hydrogen-bond donors (Lipinski definition) is 1. The van der Waals surface area contributed by atoms with E-state index in [4.69, 9.17) is 20.6 Å². The highest BCUT2D eigenvalue weighted by Crippen LogP contribution is 2.38. The number of nitrogens with two attached hydrogens (primary N) is 1. The lowest BCUT2D eigenvalue weighted by Gasteiger charge is -2.23. The Labute approximate surface area is 247 Å². The number of aryl methyl sites for hydroxylation is 1. The molecule has 2 N–H and O–H groups in total. The van der Waals surface area contributed by atoms with E-state index in [1.165, 1.54) is 12.1 Å². The number of ether oxygens (including phenoxy) is 1. The average molecular weight is 592 g/mol. The number of benzene rings is 1. The summed E-state index contributed by atoms with van der Waals surface area (Å²) in [5, 5.41) is 4.69. The van der Waals surface area contributed by atoms with Crippen molar-refractivity contribution in [2.24, 2.45) is 28.7 Å². The summed E-state index contributed by atoms with van der Waals surface area (Å²) < 4.78 is 50.8. The SMILES string of the molecule is C=Nc1ncc2cc1O[C@H](C)c1cc(F)ccc1-c1nn(C)cc1CC(=C(N)C(=O)N1CCC(F)(F)C1)C2=NCC1CC1. The van der Waals surface area contributed by atoms with E-state index in [1.807, 2.05) is 0 Å². The second kappa shape index (κ2) is 11.0. The van der Waals surface area contributed by atoms with Crippen LogP contribution in [0.4, 0.5) is 19.0 Å². The normalized spacial score (nSPS) is 21.7. The Morgan fingerprint density at radius 1 is 1.28 bits per heavy atom. The van der Waals surface area contributed by atoms with E-state index in [0.717, 1.165) is 17.7 Å². The Bertz CT molecular complexity index is 1680. The van der Waals surface area contributed by atoms with Gasteiger partial charge >= 0.3 is 0 Å². The summed E-state index contributed by atoms with van der Waals surface area (Å²) in [6.45, 7) is 5.09. The van der Waals surface area contributed by atoms with E-state index in [9.17, 15) is 18.0 Å². The number of aromatic nitrogens is 3. The molecule has 1 saturated heterocycles. The van der Waals surface area contributed by atoms with Crippen molar-refractivity contribution in [2.75, 3.05) is 19.6 Å². The zero-order valence-corrected chi connectivity index (χ0v) is 24.0. The van der Waals surface area contributed by atoms with Crippen LogP contribution in [0.25, 0.3) is 11.3 Å². The van der Waals surface area contributed by atoms with Crippen LogP contribution in [0.5, 0.6) is 5.75 Å². The molecule has 43 heavy (non-hydrogen) atoms.